The quantitative estimate of drug-likeness (QED) is 0.507. The minimum atomic E-state index is -0.691. The van der Waals surface area contributed by atoms with Crippen LogP contribution < -0.4 is 11.2 Å². The number of aromatic nitrogens is 1. The second-order valence-electron chi connectivity index (χ2n) is 2.44. The molecule has 0 aromatic carbocycles. The summed E-state index contributed by atoms with van der Waals surface area (Å²) in [6, 6.07) is 4.82. The van der Waals surface area contributed by atoms with E-state index in [4.69, 9.17) is 5.73 Å². The predicted octanol–water partition coefficient (Wildman–Crippen LogP) is 0.392. The average Bonchev–Trinajstić information content (AvgIpc) is 2.03. The Labute approximate surface area is 75.7 Å². The molecule has 1 rings (SSSR count). The second kappa shape index (κ2) is 4.20. The monoisotopic (exact) mass is 178 g/mol. The second-order valence-corrected chi connectivity index (χ2v) is 2.44. The van der Waals surface area contributed by atoms with E-state index in [1.807, 2.05) is 19.1 Å². The summed E-state index contributed by atoms with van der Waals surface area (Å²) in [6.07, 6.45) is 1.43. The van der Waals surface area contributed by atoms with Crippen LogP contribution in [0, 0.1) is 6.92 Å². The molecule has 0 saturated carbocycles. The molecule has 5 nitrogen and oxygen atoms in total. The molecular weight excluding hydrogens is 168 g/mol. The minimum absolute atomic E-state index is 0.675. The van der Waals surface area contributed by atoms with Gasteiger partial charge in [-0.3, -0.25) is 4.98 Å². The SMILES string of the molecule is Cc1cccc(/C=N/NC(N)=O)n1. The Morgan fingerprint density at radius 3 is 3.08 bits per heavy atom. The zero-order valence-corrected chi connectivity index (χ0v) is 7.19. The number of urea groups is 1. The Kier molecular flexibility index (Phi) is 2.97. The molecule has 5 heteroatoms. The van der Waals surface area contributed by atoms with Gasteiger partial charge in [-0.2, -0.15) is 5.10 Å². The molecule has 13 heavy (non-hydrogen) atoms. The molecule has 0 saturated heterocycles. The normalized spacial score (nSPS) is 10.2. The van der Waals surface area contributed by atoms with Crippen LogP contribution >= 0.6 is 0 Å². The zero-order chi connectivity index (χ0) is 9.68. The lowest BCUT2D eigenvalue weighted by molar-refractivity contribution is 0.249. The molecule has 1 aromatic heterocycles. The first kappa shape index (κ1) is 9.18. The number of nitrogens with zero attached hydrogens (tertiary/aromatic N) is 2. The van der Waals surface area contributed by atoms with Crippen LogP contribution in [0.3, 0.4) is 0 Å². The van der Waals surface area contributed by atoms with E-state index in [9.17, 15) is 4.79 Å². The molecular formula is C8H10N4O. The van der Waals surface area contributed by atoms with Crippen LogP contribution in [0.5, 0.6) is 0 Å². The molecule has 0 aliphatic heterocycles. The van der Waals surface area contributed by atoms with Crippen molar-refractivity contribution in [2.75, 3.05) is 0 Å². The largest absolute Gasteiger partial charge is 0.350 e. The van der Waals surface area contributed by atoms with Crippen LogP contribution in [0.15, 0.2) is 23.3 Å². The first-order chi connectivity index (χ1) is 6.18. The Morgan fingerprint density at radius 1 is 1.69 bits per heavy atom. The summed E-state index contributed by atoms with van der Waals surface area (Å²) < 4.78 is 0. The number of pyridine rings is 1. The number of carbonyl (C=O) groups is 1. The predicted molar refractivity (Wildman–Crippen MR) is 49.3 cm³/mol. The van der Waals surface area contributed by atoms with Gasteiger partial charge in [0.25, 0.3) is 0 Å². The first-order valence-corrected chi connectivity index (χ1v) is 3.70. The fourth-order valence-electron chi connectivity index (χ4n) is 0.798. The van der Waals surface area contributed by atoms with Crippen molar-refractivity contribution in [2.24, 2.45) is 10.8 Å². The summed E-state index contributed by atoms with van der Waals surface area (Å²) in [5.74, 6) is 0. The minimum Gasteiger partial charge on any atom is -0.350 e. The van der Waals surface area contributed by atoms with Crippen molar-refractivity contribution in [3.05, 3.63) is 29.6 Å². The molecule has 1 heterocycles. The van der Waals surface area contributed by atoms with Gasteiger partial charge in [0, 0.05) is 5.69 Å². The lowest BCUT2D eigenvalue weighted by Crippen LogP contribution is -2.24. The van der Waals surface area contributed by atoms with Gasteiger partial charge in [-0.1, -0.05) is 6.07 Å². The Bertz CT molecular complexity index is 335. The fourth-order valence-corrected chi connectivity index (χ4v) is 0.798. The van der Waals surface area contributed by atoms with E-state index < -0.39 is 6.03 Å². The van der Waals surface area contributed by atoms with Crippen molar-refractivity contribution in [1.82, 2.24) is 10.4 Å². The molecule has 3 N–H and O–H groups in total. The maximum atomic E-state index is 10.2. The summed E-state index contributed by atoms with van der Waals surface area (Å²) in [4.78, 5) is 14.4. The maximum absolute atomic E-state index is 10.2. The number of carbonyl (C=O) groups excluding carboxylic acids is 1. The molecule has 1 aromatic rings. The van der Waals surface area contributed by atoms with Crippen LogP contribution in [-0.4, -0.2) is 17.2 Å². The Morgan fingerprint density at radius 2 is 2.46 bits per heavy atom. The molecule has 0 aliphatic rings. The third-order valence-electron chi connectivity index (χ3n) is 1.28. The standard InChI is InChI=1S/C8H10N4O/c1-6-3-2-4-7(11-6)5-10-12-8(9)13/h2-5H,1H3,(H3,9,12,13)/b10-5+. The van der Waals surface area contributed by atoms with Crippen molar-refractivity contribution in [3.63, 3.8) is 0 Å². The highest BCUT2D eigenvalue weighted by molar-refractivity contribution is 5.79. The van der Waals surface area contributed by atoms with Crippen molar-refractivity contribution < 1.29 is 4.79 Å². The molecule has 2 amide bonds. The Hall–Kier alpha value is -1.91. The summed E-state index contributed by atoms with van der Waals surface area (Å²) in [5, 5.41) is 3.57. The van der Waals surface area contributed by atoms with Crippen molar-refractivity contribution in [2.45, 2.75) is 6.92 Å². The number of hydrogen-bond acceptors (Lipinski definition) is 3. The lowest BCUT2D eigenvalue weighted by atomic mass is 10.3. The fraction of sp³-hybridized carbons (Fsp3) is 0.125. The molecule has 0 spiro atoms. The molecule has 0 radical (unpaired) electrons. The van der Waals surface area contributed by atoms with Gasteiger partial charge in [0.15, 0.2) is 0 Å². The average molecular weight is 178 g/mol. The third-order valence-corrected chi connectivity index (χ3v) is 1.28. The summed E-state index contributed by atoms with van der Waals surface area (Å²) in [7, 11) is 0. The van der Waals surface area contributed by atoms with E-state index in [-0.39, 0.29) is 0 Å². The number of primary amides is 1. The van der Waals surface area contributed by atoms with E-state index in [1.54, 1.807) is 6.07 Å². The van der Waals surface area contributed by atoms with Crippen LogP contribution in [0.1, 0.15) is 11.4 Å². The van der Waals surface area contributed by atoms with Gasteiger partial charge in [-0.15, -0.1) is 0 Å². The van der Waals surface area contributed by atoms with Gasteiger partial charge in [0.2, 0.25) is 0 Å². The number of hydrogen-bond donors (Lipinski definition) is 2. The van der Waals surface area contributed by atoms with Gasteiger partial charge in [-0.05, 0) is 19.1 Å². The molecule has 68 valence electrons. The highest BCUT2D eigenvalue weighted by Gasteiger charge is 1.89. The van der Waals surface area contributed by atoms with Crippen LogP contribution in [0.25, 0.3) is 0 Å². The van der Waals surface area contributed by atoms with Crippen molar-refractivity contribution in [1.29, 1.82) is 0 Å². The van der Waals surface area contributed by atoms with Gasteiger partial charge in [-0.25, -0.2) is 10.2 Å². The summed E-state index contributed by atoms with van der Waals surface area (Å²) in [6.45, 7) is 1.87. The van der Waals surface area contributed by atoms with E-state index in [2.05, 4.69) is 15.5 Å². The van der Waals surface area contributed by atoms with E-state index in [1.165, 1.54) is 6.21 Å². The highest BCUT2D eigenvalue weighted by Crippen LogP contribution is 1.94. The molecule has 0 fully saturated rings. The number of nitrogens with two attached hydrogens (primary N) is 1. The highest BCUT2D eigenvalue weighted by atomic mass is 16.2. The zero-order valence-electron chi connectivity index (χ0n) is 7.19. The van der Waals surface area contributed by atoms with E-state index in [0.29, 0.717) is 5.69 Å². The Balaban J connectivity index is 2.63. The van der Waals surface area contributed by atoms with Crippen molar-refractivity contribution >= 4 is 12.2 Å². The summed E-state index contributed by atoms with van der Waals surface area (Å²) in [5.41, 5.74) is 8.45. The maximum Gasteiger partial charge on any atom is 0.332 e. The third kappa shape index (κ3) is 3.33. The smallest absolute Gasteiger partial charge is 0.332 e. The number of rotatable bonds is 2. The van der Waals surface area contributed by atoms with E-state index >= 15 is 0 Å². The van der Waals surface area contributed by atoms with Gasteiger partial charge < -0.3 is 5.73 Å². The summed E-state index contributed by atoms with van der Waals surface area (Å²) >= 11 is 0. The van der Waals surface area contributed by atoms with Gasteiger partial charge in [0.05, 0.1) is 11.9 Å². The number of aryl methyl sites for hydroxylation is 1. The molecule has 0 aliphatic carbocycles. The first-order valence-electron chi connectivity index (χ1n) is 3.70. The number of hydrazone groups is 1. The molecule has 0 atom stereocenters. The van der Waals surface area contributed by atoms with Crippen LogP contribution in [0.2, 0.25) is 0 Å². The molecule has 0 unspecified atom stereocenters. The van der Waals surface area contributed by atoms with E-state index in [0.717, 1.165) is 5.69 Å². The van der Waals surface area contributed by atoms with Gasteiger partial charge >= 0.3 is 6.03 Å². The number of nitrogens with one attached hydrogen (secondary N) is 1. The van der Waals surface area contributed by atoms with Crippen LogP contribution in [-0.2, 0) is 0 Å². The lowest BCUT2D eigenvalue weighted by Gasteiger charge is -1.94. The topological polar surface area (TPSA) is 80.4 Å². The van der Waals surface area contributed by atoms with Gasteiger partial charge in [0.1, 0.15) is 0 Å². The number of amides is 2. The molecule has 0 bridgehead atoms. The van der Waals surface area contributed by atoms with Crippen molar-refractivity contribution in [3.8, 4) is 0 Å². The van der Waals surface area contributed by atoms with Crippen LogP contribution in [0.4, 0.5) is 4.79 Å².